The van der Waals surface area contributed by atoms with Crippen molar-refractivity contribution in [2.75, 3.05) is 20.8 Å². The van der Waals surface area contributed by atoms with Crippen molar-refractivity contribution in [3.8, 4) is 0 Å². The van der Waals surface area contributed by atoms with E-state index in [1.807, 2.05) is 11.8 Å². The number of hydrogen-bond acceptors (Lipinski definition) is 5. The Morgan fingerprint density at radius 3 is 2.73 bits per heavy atom. The Kier molecular flexibility index (Phi) is 3.99. The summed E-state index contributed by atoms with van der Waals surface area (Å²) >= 11 is 0. The molecule has 0 bridgehead atoms. The summed E-state index contributed by atoms with van der Waals surface area (Å²) < 4.78 is 16.5. The van der Waals surface area contributed by atoms with Gasteiger partial charge in [-0.05, 0) is 39.5 Å². The minimum atomic E-state index is -0.232. The van der Waals surface area contributed by atoms with E-state index in [9.17, 15) is 4.79 Å². The van der Waals surface area contributed by atoms with E-state index in [-0.39, 0.29) is 23.7 Å². The molecule has 1 aromatic heterocycles. The van der Waals surface area contributed by atoms with E-state index in [4.69, 9.17) is 14.0 Å². The Hall–Kier alpha value is -1.40. The highest BCUT2D eigenvalue weighted by Crippen LogP contribution is 2.43. The van der Waals surface area contributed by atoms with E-state index in [2.05, 4.69) is 5.16 Å². The fourth-order valence-electron chi connectivity index (χ4n) is 4.05. The van der Waals surface area contributed by atoms with Gasteiger partial charge < -0.3 is 18.9 Å². The Morgan fingerprint density at radius 1 is 1.36 bits per heavy atom. The van der Waals surface area contributed by atoms with Crippen molar-refractivity contribution in [3.63, 3.8) is 0 Å². The van der Waals surface area contributed by atoms with Crippen molar-refractivity contribution in [3.05, 3.63) is 17.0 Å². The molecule has 1 aliphatic heterocycles. The first-order chi connectivity index (χ1) is 10.5. The number of methoxy groups -OCH3 is 2. The van der Waals surface area contributed by atoms with Crippen molar-refractivity contribution < 1.29 is 18.8 Å². The number of rotatable bonds is 3. The Labute approximate surface area is 130 Å². The molecule has 1 aliphatic carbocycles. The predicted octanol–water partition coefficient (Wildman–Crippen LogP) is 2.09. The van der Waals surface area contributed by atoms with Crippen molar-refractivity contribution in [1.29, 1.82) is 0 Å². The second-order valence-corrected chi connectivity index (χ2v) is 6.36. The molecule has 0 radical (unpaired) electrons. The Bertz CT molecular complexity index is 551. The van der Waals surface area contributed by atoms with Crippen LogP contribution in [0.15, 0.2) is 4.52 Å². The van der Waals surface area contributed by atoms with Crippen LogP contribution in [0.2, 0.25) is 0 Å². The zero-order valence-electron chi connectivity index (χ0n) is 13.7. The zero-order valence-corrected chi connectivity index (χ0v) is 13.7. The first kappa shape index (κ1) is 15.5. The van der Waals surface area contributed by atoms with Gasteiger partial charge in [-0.25, -0.2) is 0 Å². The second kappa shape index (κ2) is 5.66. The van der Waals surface area contributed by atoms with Crippen LogP contribution in [0.5, 0.6) is 0 Å². The number of ether oxygens (including phenoxy) is 2. The number of carbonyl (C=O) groups excluding carboxylic acids is 1. The second-order valence-electron chi connectivity index (χ2n) is 6.36. The molecular weight excluding hydrogens is 284 g/mol. The van der Waals surface area contributed by atoms with Crippen LogP contribution in [0.25, 0.3) is 0 Å². The monoisotopic (exact) mass is 308 g/mol. The number of amides is 1. The topological polar surface area (TPSA) is 64.8 Å². The van der Waals surface area contributed by atoms with Gasteiger partial charge in [-0.2, -0.15) is 0 Å². The summed E-state index contributed by atoms with van der Waals surface area (Å²) in [4.78, 5) is 14.9. The van der Waals surface area contributed by atoms with Gasteiger partial charge in [-0.15, -0.1) is 0 Å². The number of likely N-dealkylation sites (tertiary alicyclic amines) is 1. The van der Waals surface area contributed by atoms with Gasteiger partial charge in [0.15, 0.2) is 0 Å². The minimum Gasteiger partial charge on any atom is -0.381 e. The largest absolute Gasteiger partial charge is 0.381 e. The first-order valence-corrected chi connectivity index (χ1v) is 7.84. The predicted molar refractivity (Wildman–Crippen MR) is 79.8 cm³/mol. The van der Waals surface area contributed by atoms with Gasteiger partial charge >= 0.3 is 0 Å². The smallest absolute Gasteiger partial charge is 0.259 e. The van der Waals surface area contributed by atoms with Gasteiger partial charge in [-0.3, -0.25) is 4.79 Å². The lowest BCUT2D eigenvalue weighted by Gasteiger charge is -2.43. The summed E-state index contributed by atoms with van der Waals surface area (Å²) in [5.41, 5.74) is 1.01. The van der Waals surface area contributed by atoms with Gasteiger partial charge in [0.25, 0.3) is 5.91 Å². The quantitative estimate of drug-likeness (QED) is 0.855. The molecule has 2 aliphatic rings. The lowest BCUT2D eigenvalue weighted by atomic mass is 9.79. The average Bonchev–Trinajstić information content (AvgIpc) is 3.07. The summed E-state index contributed by atoms with van der Waals surface area (Å²) in [6.07, 6.45) is 3.79. The lowest BCUT2D eigenvalue weighted by molar-refractivity contribution is -0.0893. The van der Waals surface area contributed by atoms with E-state index in [0.29, 0.717) is 23.6 Å². The number of aryl methyl sites for hydroxylation is 2. The summed E-state index contributed by atoms with van der Waals surface area (Å²) in [6, 6.07) is 0.0531. The first-order valence-electron chi connectivity index (χ1n) is 7.84. The van der Waals surface area contributed by atoms with E-state index >= 15 is 0 Å². The molecule has 0 aromatic carbocycles. The molecule has 2 heterocycles. The summed E-state index contributed by atoms with van der Waals surface area (Å²) in [7, 11) is 3.49. The summed E-state index contributed by atoms with van der Waals surface area (Å²) in [5.74, 6) is 0.577. The fourth-order valence-corrected chi connectivity index (χ4v) is 4.05. The normalized spacial score (nSPS) is 31.4. The SMILES string of the molecule is CO[C@@H]1CC[C@@]2(OC)CCN(C(=O)c3c(C)noc3C)[C@H]2C1. The van der Waals surface area contributed by atoms with Gasteiger partial charge in [0.2, 0.25) is 0 Å². The van der Waals surface area contributed by atoms with Crippen LogP contribution in [-0.4, -0.2) is 54.5 Å². The third kappa shape index (κ3) is 2.25. The molecule has 1 saturated heterocycles. The number of hydrogen-bond donors (Lipinski definition) is 0. The van der Waals surface area contributed by atoms with Crippen LogP contribution < -0.4 is 0 Å². The molecule has 3 rings (SSSR count). The van der Waals surface area contributed by atoms with Crippen LogP contribution in [0, 0.1) is 13.8 Å². The van der Waals surface area contributed by atoms with Crippen LogP contribution >= 0.6 is 0 Å². The fraction of sp³-hybridized carbons (Fsp3) is 0.750. The molecule has 0 unspecified atom stereocenters. The van der Waals surface area contributed by atoms with Crippen LogP contribution in [0.4, 0.5) is 0 Å². The highest BCUT2D eigenvalue weighted by molar-refractivity contribution is 5.96. The number of nitrogens with zero attached hydrogens (tertiary/aromatic N) is 2. The molecule has 0 spiro atoms. The third-order valence-corrected chi connectivity index (χ3v) is 5.38. The van der Waals surface area contributed by atoms with Gasteiger partial charge in [0.1, 0.15) is 11.3 Å². The van der Waals surface area contributed by atoms with Crippen LogP contribution in [-0.2, 0) is 9.47 Å². The lowest BCUT2D eigenvalue weighted by Crippen LogP contribution is -2.53. The van der Waals surface area contributed by atoms with Crippen molar-refractivity contribution >= 4 is 5.91 Å². The van der Waals surface area contributed by atoms with Gasteiger partial charge in [0.05, 0.1) is 23.4 Å². The highest BCUT2D eigenvalue weighted by atomic mass is 16.5. The maximum atomic E-state index is 13.0. The molecular formula is C16H24N2O4. The number of fused-ring (bicyclic) bond motifs is 1. The third-order valence-electron chi connectivity index (χ3n) is 5.38. The van der Waals surface area contributed by atoms with E-state index in [1.54, 1.807) is 21.1 Å². The Balaban J connectivity index is 1.89. The zero-order chi connectivity index (χ0) is 15.9. The van der Waals surface area contributed by atoms with Crippen LogP contribution in [0.3, 0.4) is 0 Å². The molecule has 0 N–H and O–H groups in total. The van der Waals surface area contributed by atoms with Gasteiger partial charge in [-0.1, -0.05) is 5.16 Å². The average molecular weight is 308 g/mol. The van der Waals surface area contributed by atoms with E-state index in [1.165, 1.54) is 0 Å². The minimum absolute atomic E-state index is 0.00284. The van der Waals surface area contributed by atoms with Crippen molar-refractivity contribution in [2.45, 2.75) is 57.3 Å². The maximum Gasteiger partial charge on any atom is 0.259 e. The number of carbonyl (C=O) groups is 1. The van der Waals surface area contributed by atoms with E-state index in [0.717, 1.165) is 25.7 Å². The van der Waals surface area contributed by atoms with E-state index < -0.39 is 0 Å². The molecule has 1 amide bonds. The highest BCUT2D eigenvalue weighted by Gasteiger charge is 2.53. The van der Waals surface area contributed by atoms with Crippen molar-refractivity contribution in [2.24, 2.45) is 0 Å². The molecule has 2 fully saturated rings. The van der Waals surface area contributed by atoms with Crippen molar-refractivity contribution in [1.82, 2.24) is 10.1 Å². The molecule has 6 heteroatoms. The molecule has 1 saturated carbocycles. The molecule has 122 valence electrons. The number of aromatic nitrogens is 1. The molecule has 1 aromatic rings. The van der Waals surface area contributed by atoms with Gasteiger partial charge in [0, 0.05) is 20.8 Å². The standard InChI is InChI=1S/C16H24N2O4/c1-10-14(11(2)22-17-10)15(19)18-8-7-16(21-4)6-5-12(20-3)9-13(16)18/h12-13H,5-9H2,1-4H3/t12-,13+,16-/m1/s1. The Morgan fingerprint density at radius 2 is 2.14 bits per heavy atom. The molecule has 22 heavy (non-hydrogen) atoms. The molecule has 3 atom stereocenters. The van der Waals surface area contributed by atoms with Crippen LogP contribution in [0.1, 0.15) is 47.5 Å². The summed E-state index contributed by atoms with van der Waals surface area (Å²) in [5, 5.41) is 3.90. The maximum absolute atomic E-state index is 13.0. The summed E-state index contributed by atoms with van der Waals surface area (Å²) in [6.45, 7) is 4.30. The molecule has 6 nitrogen and oxygen atoms in total.